The van der Waals surface area contributed by atoms with Crippen LogP contribution in [0.1, 0.15) is 12.8 Å². The van der Waals surface area contributed by atoms with Gasteiger partial charge in [-0.3, -0.25) is 9.36 Å². The predicted octanol–water partition coefficient (Wildman–Crippen LogP) is 2.85. The first-order chi connectivity index (χ1) is 10.3. The number of thioether (sulfide) groups is 1. The van der Waals surface area contributed by atoms with Gasteiger partial charge in [-0.1, -0.05) is 30.0 Å². The van der Waals surface area contributed by atoms with E-state index in [2.05, 4.69) is 11.6 Å². The van der Waals surface area contributed by atoms with Crippen LogP contribution in [0.25, 0.3) is 10.9 Å². The zero-order valence-electron chi connectivity index (χ0n) is 11.8. The van der Waals surface area contributed by atoms with Crippen LogP contribution in [0.4, 0.5) is 0 Å². The molecule has 3 rings (SSSR count). The van der Waals surface area contributed by atoms with Crippen LogP contribution in [0.3, 0.4) is 0 Å². The van der Waals surface area contributed by atoms with Gasteiger partial charge in [0, 0.05) is 12.4 Å². The summed E-state index contributed by atoms with van der Waals surface area (Å²) in [6.07, 6.45) is 4.01. The highest BCUT2D eigenvalue weighted by Crippen LogP contribution is 2.20. The molecule has 2 aromatic rings. The van der Waals surface area contributed by atoms with E-state index < -0.39 is 0 Å². The van der Waals surface area contributed by atoms with Gasteiger partial charge in [0.25, 0.3) is 5.56 Å². The number of hydrogen-bond acceptors (Lipinski definition) is 4. The van der Waals surface area contributed by atoms with Crippen LogP contribution in [0.2, 0.25) is 0 Å². The molecule has 1 aromatic carbocycles. The maximum absolute atomic E-state index is 12.7. The van der Waals surface area contributed by atoms with Gasteiger partial charge in [0.2, 0.25) is 0 Å². The van der Waals surface area contributed by atoms with E-state index in [1.54, 1.807) is 4.57 Å². The first-order valence-electron chi connectivity index (χ1n) is 7.14. The SMILES string of the molecule is C=CCSc1nc2ccccc2c(=O)n1C[C@@H]1CCCO1. The van der Waals surface area contributed by atoms with Crippen molar-refractivity contribution in [3.63, 3.8) is 0 Å². The molecule has 1 aliphatic heterocycles. The Hall–Kier alpha value is -1.59. The van der Waals surface area contributed by atoms with Crippen molar-refractivity contribution in [1.29, 1.82) is 0 Å². The average Bonchev–Trinajstić information content (AvgIpc) is 3.01. The third-order valence-corrected chi connectivity index (χ3v) is 4.54. The summed E-state index contributed by atoms with van der Waals surface area (Å²) in [5, 5.41) is 1.41. The van der Waals surface area contributed by atoms with Gasteiger partial charge in [0.15, 0.2) is 5.16 Å². The Balaban J connectivity index is 2.06. The summed E-state index contributed by atoms with van der Waals surface area (Å²) in [6, 6.07) is 7.49. The van der Waals surface area contributed by atoms with Gasteiger partial charge in [-0.15, -0.1) is 6.58 Å². The van der Waals surface area contributed by atoms with Crippen LogP contribution < -0.4 is 5.56 Å². The number of nitrogens with zero attached hydrogens (tertiary/aromatic N) is 2. The molecular formula is C16H18N2O2S. The van der Waals surface area contributed by atoms with E-state index in [-0.39, 0.29) is 11.7 Å². The second kappa shape index (κ2) is 6.45. The van der Waals surface area contributed by atoms with E-state index in [0.29, 0.717) is 11.9 Å². The third kappa shape index (κ3) is 3.04. The lowest BCUT2D eigenvalue weighted by Gasteiger charge is -2.16. The molecule has 110 valence electrons. The fraction of sp³-hybridized carbons (Fsp3) is 0.375. The second-order valence-corrected chi connectivity index (χ2v) is 6.05. The van der Waals surface area contributed by atoms with Gasteiger partial charge in [-0.2, -0.15) is 0 Å². The van der Waals surface area contributed by atoms with Crippen molar-refractivity contribution < 1.29 is 4.74 Å². The van der Waals surface area contributed by atoms with Crippen molar-refractivity contribution in [2.24, 2.45) is 0 Å². The van der Waals surface area contributed by atoms with Gasteiger partial charge in [0.1, 0.15) is 0 Å². The third-order valence-electron chi connectivity index (χ3n) is 3.57. The molecule has 0 saturated carbocycles. The minimum Gasteiger partial charge on any atom is -0.376 e. The Bertz CT molecular complexity index is 705. The number of benzene rings is 1. The normalized spacial score (nSPS) is 18.2. The summed E-state index contributed by atoms with van der Waals surface area (Å²) in [5.41, 5.74) is 0.764. The second-order valence-electron chi connectivity index (χ2n) is 5.06. The summed E-state index contributed by atoms with van der Waals surface area (Å²) in [4.78, 5) is 17.4. The number of rotatable bonds is 5. The van der Waals surface area contributed by atoms with Crippen LogP contribution >= 0.6 is 11.8 Å². The van der Waals surface area contributed by atoms with Crippen molar-refractivity contribution in [2.75, 3.05) is 12.4 Å². The van der Waals surface area contributed by atoms with E-state index in [9.17, 15) is 4.79 Å². The topological polar surface area (TPSA) is 44.1 Å². The number of ether oxygens (including phenoxy) is 1. The minimum atomic E-state index is 0.0164. The molecule has 0 spiro atoms. The van der Waals surface area contributed by atoms with E-state index in [4.69, 9.17) is 4.74 Å². The fourth-order valence-corrected chi connectivity index (χ4v) is 3.29. The largest absolute Gasteiger partial charge is 0.376 e. The maximum atomic E-state index is 12.7. The molecule has 1 saturated heterocycles. The maximum Gasteiger partial charge on any atom is 0.262 e. The lowest BCUT2D eigenvalue weighted by molar-refractivity contribution is 0.0937. The van der Waals surface area contributed by atoms with Gasteiger partial charge >= 0.3 is 0 Å². The van der Waals surface area contributed by atoms with Gasteiger partial charge in [0.05, 0.1) is 23.6 Å². The lowest BCUT2D eigenvalue weighted by Crippen LogP contribution is -2.28. The molecule has 21 heavy (non-hydrogen) atoms. The van der Waals surface area contributed by atoms with E-state index >= 15 is 0 Å². The molecule has 0 aliphatic carbocycles. The first kappa shape index (κ1) is 14.4. The number of aromatic nitrogens is 2. The van der Waals surface area contributed by atoms with Gasteiger partial charge in [-0.05, 0) is 25.0 Å². The van der Waals surface area contributed by atoms with Crippen molar-refractivity contribution in [1.82, 2.24) is 9.55 Å². The average molecular weight is 302 g/mol. The molecule has 5 heteroatoms. The molecule has 0 radical (unpaired) electrons. The van der Waals surface area contributed by atoms with E-state index in [1.165, 1.54) is 11.8 Å². The predicted molar refractivity (Wildman–Crippen MR) is 85.9 cm³/mol. The summed E-state index contributed by atoms with van der Waals surface area (Å²) in [6.45, 7) is 5.10. The molecule has 1 aromatic heterocycles. The van der Waals surface area contributed by atoms with Crippen molar-refractivity contribution >= 4 is 22.7 Å². The summed E-state index contributed by atoms with van der Waals surface area (Å²) >= 11 is 1.54. The quantitative estimate of drug-likeness (QED) is 0.484. The monoisotopic (exact) mass is 302 g/mol. The Morgan fingerprint density at radius 1 is 1.48 bits per heavy atom. The standard InChI is InChI=1S/C16H18N2O2S/c1-2-10-21-16-17-14-8-4-3-7-13(14)15(19)18(16)11-12-6-5-9-20-12/h2-4,7-8,12H,1,5-6,9-11H2/t12-/m0/s1. The highest BCUT2D eigenvalue weighted by Gasteiger charge is 2.19. The van der Waals surface area contributed by atoms with Crippen LogP contribution in [0, 0.1) is 0 Å². The van der Waals surface area contributed by atoms with E-state index in [0.717, 1.165) is 35.9 Å². The van der Waals surface area contributed by atoms with Crippen LogP contribution in [-0.2, 0) is 11.3 Å². The van der Waals surface area contributed by atoms with Crippen molar-refractivity contribution in [2.45, 2.75) is 30.6 Å². The molecular weight excluding hydrogens is 284 g/mol. The van der Waals surface area contributed by atoms with Gasteiger partial charge in [-0.25, -0.2) is 4.98 Å². The van der Waals surface area contributed by atoms with Crippen LogP contribution in [0.5, 0.6) is 0 Å². The molecule has 0 amide bonds. The summed E-state index contributed by atoms with van der Waals surface area (Å²) in [5.74, 6) is 0.732. The first-order valence-corrected chi connectivity index (χ1v) is 8.13. The molecule has 0 bridgehead atoms. The minimum absolute atomic E-state index is 0.0164. The highest BCUT2D eigenvalue weighted by molar-refractivity contribution is 7.99. The fourth-order valence-electron chi connectivity index (χ4n) is 2.54. The molecule has 1 atom stereocenters. The molecule has 0 unspecified atom stereocenters. The summed E-state index contributed by atoms with van der Waals surface area (Å²) in [7, 11) is 0. The summed E-state index contributed by atoms with van der Waals surface area (Å²) < 4.78 is 7.42. The molecule has 0 N–H and O–H groups in total. The van der Waals surface area contributed by atoms with E-state index in [1.807, 2.05) is 30.3 Å². The Morgan fingerprint density at radius 2 is 2.33 bits per heavy atom. The van der Waals surface area contributed by atoms with Crippen molar-refractivity contribution in [3.8, 4) is 0 Å². The van der Waals surface area contributed by atoms with Crippen molar-refractivity contribution in [3.05, 3.63) is 47.3 Å². The zero-order valence-corrected chi connectivity index (χ0v) is 12.6. The molecule has 1 fully saturated rings. The smallest absolute Gasteiger partial charge is 0.262 e. The molecule has 1 aliphatic rings. The number of fused-ring (bicyclic) bond motifs is 1. The number of para-hydroxylation sites is 1. The van der Waals surface area contributed by atoms with Crippen LogP contribution in [-0.4, -0.2) is 28.0 Å². The zero-order chi connectivity index (χ0) is 14.7. The number of hydrogen-bond donors (Lipinski definition) is 0. The Kier molecular flexibility index (Phi) is 4.41. The molecule has 4 nitrogen and oxygen atoms in total. The highest BCUT2D eigenvalue weighted by atomic mass is 32.2. The lowest BCUT2D eigenvalue weighted by atomic mass is 10.2. The Morgan fingerprint density at radius 3 is 3.10 bits per heavy atom. The van der Waals surface area contributed by atoms with Crippen LogP contribution in [0.15, 0.2) is 46.9 Å². The molecule has 2 heterocycles. The van der Waals surface area contributed by atoms with Gasteiger partial charge < -0.3 is 4.74 Å². The Labute approximate surface area is 127 Å².